The average molecular weight is 800 g/mol. The maximum atomic E-state index is 12.9. The van der Waals surface area contributed by atoms with Crippen LogP contribution in [0.4, 0.5) is 5.82 Å². The Balaban J connectivity index is 0.915. The molecule has 2 aromatic heterocycles. The van der Waals surface area contributed by atoms with Crippen LogP contribution in [0.5, 0.6) is 5.75 Å². The summed E-state index contributed by atoms with van der Waals surface area (Å²) in [4.78, 5) is 19.9. The van der Waals surface area contributed by atoms with Gasteiger partial charge in [0.05, 0.1) is 33.0 Å². The van der Waals surface area contributed by atoms with Crippen LogP contribution in [0.15, 0.2) is 119 Å². The molecule has 0 bridgehead atoms. The summed E-state index contributed by atoms with van der Waals surface area (Å²) >= 11 is 3.48. The lowest BCUT2D eigenvalue weighted by atomic mass is 9.88. The van der Waals surface area contributed by atoms with Gasteiger partial charge in [0.1, 0.15) is 28.3 Å². The molecule has 0 unspecified atom stereocenters. The van der Waals surface area contributed by atoms with Crippen LogP contribution in [0.3, 0.4) is 0 Å². The molecular formula is C42H51BrN4O5Si. The molecule has 0 aliphatic carbocycles. The second-order valence-corrected chi connectivity index (χ2v) is 19.8. The molecule has 0 amide bonds. The van der Waals surface area contributed by atoms with E-state index >= 15 is 0 Å². The molecule has 6 rings (SSSR count). The number of pyridine rings is 1. The summed E-state index contributed by atoms with van der Waals surface area (Å²) in [7, 11) is -0.430. The van der Waals surface area contributed by atoms with Crippen molar-refractivity contribution >= 4 is 46.1 Å². The molecule has 3 aromatic carbocycles. The van der Waals surface area contributed by atoms with Gasteiger partial charge in [-0.25, -0.2) is 4.98 Å². The third kappa shape index (κ3) is 9.46. The van der Waals surface area contributed by atoms with E-state index in [4.69, 9.17) is 23.6 Å². The van der Waals surface area contributed by atoms with Crippen molar-refractivity contribution in [3.63, 3.8) is 0 Å². The number of piperidine rings is 1. The number of nitrogens with one attached hydrogen (secondary N) is 1. The van der Waals surface area contributed by atoms with Crippen LogP contribution in [0, 0.1) is 0 Å². The van der Waals surface area contributed by atoms with Crippen molar-refractivity contribution in [2.75, 3.05) is 65.1 Å². The fourth-order valence-corrected chi connectivity index (χ4v) is 12.4. The molecule has 0 spiro atoms. The predicted molar refractivity (Wildman–Crippen MR) is 219 cm³/mol. The van der Waals surface area contributed by atoms with Crippen LogP contribution >= 0.6 is 15.9 Å². The fourth-order valence-electron chi connectivity index (χ4n) is 7.41. The van der Waals surface area contributed by atoms with E-state index in [0.29, 0.717) is 61.5 Å². The summed E-state index contributed by atoms with van der Waals surface area (Å²) in [6, 6.07) is 35.4. The third-order valence-electron chi connectivity index (χ3n) is 9.84. The van der Waals surface area contributed by atoms with Crippen molar-refractivity contribution in [3.8, 4) is 5.75 Å². The quantitative estimate of drug-likeness (QED) is 0.0915. The van der Waals surface area contributed by atoms with E-state index in [-0.39, 0.29) is 16.6 Å². The van der Waals surface area contributed by atoms with E-state index in [9.17, 15) is 4.79 Å². The molecule has 0 radical (unpaired) electrons. The minimum absolute atomic E-state index is 0.0646. The molecule has 5 aromatic rings. The number of aromatic nitrogens is 2. The Kier molecular flexibility index (Phi) is 13.2. The third-order valence-corrected chi connectivity index (χ3v) is 15.6. The predicted octanol–water partition coefficient (Wildman–Crippen LogP) is 6.35. The van der Waals surface area contributed by atoms with Gasteiger partial charge in [0, 0.05) is 25.3 Å². The van der Waals surface area contributed by atoms with Crippen molar-refractivity contribution in [3.05, 3.63) is 130 Å². The highest BCUT2D eigenvalue weighted by Gasteiger charge is 2.50. The Bertz CT molecular complexity index is 1920. The number of ether oxygens (including phenoxy) is 3. The van der Waals surface area contributed by atoms with Gasteiger partial charge in [0.2, 0.25) is 0 Å². The largest absolute Gasteiger partial charge is 0.491 e. The number of benzene rings is 3. The summed E-state index contributed by atoms with van der Waals surface area (Å²) in [5, 5.41) is 6.01. The number of likely N-dealkylation sites (tertiary alicyclic amines) is 1. The van der Waals surface area contributed by atoms with Gasteiger partial charge in [0.25, 0.3) is 13.9 Å². The summed E-state index contributed by atoms with van der Waals surface area (Å²) in [5.41, 5.74) is 1.75. The van der Waals surface area contributed by atoms with E-state index < -0.39 is 8.32 Å². The standard InChI is InChI=1S/C42H51BrN4O5Si/c1-42(2,3)53(36-13-7-5-8-14-36,37-15-9-6-10-16-37)52-28-26-50-24-23-49-25-27-51-35-20-18-32(19-21-35)33-29-34(31-46(4)30-33)44-40-39(43)41(48)47-22-12-11-17-38(47)45-40/h5-22,33-34,44H,23-31H2,1-4H3/t33-,34+/m0/s1. The average Bonchev–Trinajstić information content (AvgIpc) is 3.16. The monoisotopic (exact) mass is 798 g/mol. The normalized spacial score (nSPS) is 16.8. The first-order valence-corrected chi connectivity index (χ1v) is 21.1. The lowest BCUT2D eigenvalue weighted by Crippen LogP contribution is -2.66. The zero-order valence-corrected chi connectivity index (χ0v) is 33.8. The van der Waals surface area contributed by atoms with Crippen molar-refractivity contribution in [2.24, 2.45) is 0 Å². The van der Waals surface area contributed by atoms with Crippen LogP contribution in [0.1, 0.15) is 38.7 Å². The Hall–Kier alpha value is -3.84. The maximum absolute atomic E-state index is 12.9. The fraction of sp³-hybridized carbons (Fsp3) is 0.381. The molecule has 1 aliphatic rings. The van der Waals surface area contributed by atoms with Crippen molar-refractivity contribution in [1.29, 1.82) is 0 Å². The van der Waals surface area contributed by atoms with Crippen molar-refractivity contribution < 1.29 is 18.6 Å². The van der Waals surface area contributed by atoms with E-state index in [1.165, 1.54) is 15.9 Å². The van der Waals surface area contributed by atoms with Crippen LogP contribution in [-0.2, 0) is 13.9 Å². The SMILES string of the molecule is CN1C[C@H](Nc2nc3ccccn3c(=O)c2Br)C[C@H](c2ccc(OCCOCCOCCO[Si](c3ccccc3)(c3ccccc3)C(C)(C)C)cc2)C1. The lowest BCUT2D eigenvalue weighted by molar-refractivity contribution is 0.0264. The number of likely N-dealkylation sites (N-methyl/N-ethyl adjacent to an activating group) is 1. The highest BCUT2D eigenvalue weighted by molar-refractivity contribution is 9.10. The summed E-state index contributed by atoms with van der Waals surface area (Å²) in [6.07, 6.45) is 2.66. The van der Waals surface area contributed by atoms with Crippen molar-refractivity contribution in [1.82, 2.24) is 14.3 Å². The maximum Gasteiger partial charge on any atom is 0.274 e. The smallest absolute Gasteiger partial charge is 0.274 e. The lowest BCUT2D eigenvalue weighted by Gasteiger charge is -2.43. The number of rotatable bonds is 16. The first-order chi connectivity index (χ1) is 25.7. The Morgan fingerprint density at radius 2 is 1.40 bits per heavy atom. The number of hydrogen-bond acceptors (Lipinski definition) is 8. The minimum Gasteiger partial charge on any atom is -0.491 e. The number of nitrogens with zero attached hydrogens (tertiary/aromatic N) is 3. The Labute approximate surface area is 322 Å². The van der Waals surface area contributed by atoms with Gasteiger partial charge in [-0.3, -0.25) is 9.20 Å². The Morgan fingerprint density at radius 3 is 2.04 bits per heavy atom. The van der Waals surface area contributed by atoms with E-state index in [2.05, 4.69) is 127 Å². The molecule has 53 heavy (non-hydrogen) atoms. The van der Waals surface area contributed by atoms with Crippen LogP contribution < -0.4 is 26.0 Å². The molecule has 1 N–H and O–H groups in total. The summed E-state index contributed by atoms with van der Waals surface area (Å²) < 4.78 is 26.6. The molecule has 0 saturated carbocycles. The van der Waals surface area contributed by atoms with Gasteiger partial charge < -0.3 is 28.9 Å². The second kappa shape index (κ2) is 18.0. The van der Waals surface area contributed by atoms with E-state index in [1.54, 1.807) is 10.6 Å². The molecule has 2 atom stereocenters. The van der Waals surface area contributed by atoms with Gasteiger partial charge in [-0.15, -0.1) is 0 Å². The van der Waals surface area contributed by atoms with Gasteiger partial charge in [-0.05, 0) is 80.6 Å². The van der Waals surface area contributed by atoms with Crippen LogP contribution in [-0.4, -0.2) is 88.4 Å². The van der Waals surface area contributed by atoms with Gasteiger partial charge >= 0.3 is 0 Å². The molecule has 11 heteroatoms. The summed E-state index contributed by atoms with van der Waals surface area (Å²) in [6.45, 7) is 11.6. The van der Waals surface area contributed by atoms with Gasteiger partial charge in [-0.2, -0.15) is 0 Å². The molecular weight excluding hydrogens is 748 g/mol. The number of fused-ring (bicyclic) bond motifs is 1. The van der Waals surface area contributed by atoms with Gasteiger partial charge in [0.15, 0.2) is 0 Å². The molecule has 9 nitrogen and oxygen atoms in total. The number of hydrogen-bond donors (Lipinski definition) is 1. The van der Waals surface area contributed by atoms with Gasteiger partial charge in [-0.1, -0.05) is 99.6 Å². The van der Waals surface area contributed by atoms with Crippen molar-refractivity contribution in [2.45, 2.75) is 44.2 Å². The molecule has 1 saturated heterocycles. The highest BCUT2D eigenvalue weighted by atomic mass is 79.9. The first kappa shape index (κ1) is 38.9. The molecule has 1 aliphatic heterocycles. The topological polar surface area (TPSA) is 86.6 Å². The number of halogens is 1. The highest BCUT2D eigenvalue weighted by Crippen LogP contribution is 2.36. The zero-order valence-electron chi connectivity index (χ0n) is 31.2. The van der Waals surface area contributed by atoms with Crippen LogP contribution in [0.25, 0.3) is 5.65 Å². The zero-order chi connectivity index (χ0) is 37.3. The van der Waals surface area contributed by atoms with E-state index in [1.807, 2.05) is 30.3 Å². The summed E-state index contributed by atoms with van der Waals surface area (Å²) in [5.74, 6) is 1.73. The minimum atomic E-state index is -2.56. The molecule has 3 heterocycles. The number of anilines is 1. The molecule has 1 fully saturated rings. The first-order valence-electron chi connectivity index (χ1n) is 18.4. The Morgan fingerprint density at radius 1 is 0.792 bits per heavy atom. The van der Waals surface area contributed by atoms with E-state index in [0.717, 1.165) is 25.3 Å². The van der Waals surface area contributed by atoms with Crippen LogP contribution in [0.2, 0.25) is 5.04 Å². The second-order valence-electron chi connectivity index (χ2n) is 14.7. The molecule has 280 valence electrons.